The topological polar surface area (TPSA) is 57.0 Å². The first-order chi connectivity index (χ1) is 12.2. The molecule has 1 aromatic carbocycles. The molecular weight excluding hydrogens is 338 g/mol. The number of hydrogen-bond acceptors (Lipinski definition) is 5. The molecule has 0 fully saturated rings. The van der Waals surface area contributed by atoms with Crippen molar-refractivity contribution in [1.29, 1.82) is 0 Å². The van der Waals surface area contributed by atoms with Gasteiger partial charge in [-0.3, -0.25) is 9.59 Å². The van der Waals surface area contributed by atoms with Crippen LogP contribution in [0.3, 0.4) is 0 Å². The second kappa shape index (κ2) is 7.53. The van der Waals surface area contributed by atoms with Gasteiger partial charge >= 0.3 is 5.97 Å². The van der Waals surface area contributed by atoms with Gasteiger partial charge in [0.15, 0.2) is 6.29 Å². The van der Waals surface area contributed by atoms with Crippen LogP contribution in [0.1, 0.15) is 29.5 Å². The largest absolute Gasteiger partial charge is 0.494 e. The Bertz CT molecular complexity index is 909. The highest BCUT2D eigenvalue weighted by molar-refractivity contribution is 7.15. The number of methoxy groups -OCH3 is 1. The molecule has 0 radical (unpaired) electrons. The number of aldehydes is 1. The van der Waals surface area contributed by atoms with Crippen LogP contribution >= 0.6 is 11.3 Å². The van der Waals surface area contributed by atoms with Crippen LogP contribution in [0.2, 0.25) is 0 Å². The molecule has 5 nitrogen and oxygen atoms in total. The van der Waals surface area contributed by atoms with Gasteiger partial charge in [-0.1, -0.05) is 19.1 Å². The molecule has 0 spiro atoms. The van der Waals surface area contributed by atoms with Gasteiger partial charge in [0.25, 0.3) is 0 Å². The minimum atomic E-state index is -0.332. The fraction of sp³-hybridized carbons (Fsp3) is 0.263. The lowest BCUT2D eigenvalue weighted by Gasteiger charge is -2.07. The highest BCUT2D eigenvalue weighted by Gasteiger charge is 2.18. The van der Waals surface area contributed by atoms with E-state index in [0.29, 0.717) is 12.3 Å². The van der Waals surface area contributed by atoms with E-state index in [9.17, 15) is 9.59 Å². The molecule has 3 rings (SSSR count). The molecule has 0 aliphatic carbocycles. The van der Waals surface area contributed by atoms with Crippen molar-refractivity contribution in [1.82, 2.24) is 4.40 Å². The third-order valence-corrected chi connectivity index (χ3v) is 4.82. The lowest BCUT2D eigenvalue weighted by molar-refractivity contribution is -0.139. The average molecular weight is 357 g/mol. The molecule has 0 aliphatic rings. The van der Waals surface area contributed by atoms with Crippen molar-refractivity contribution in [3.8, 4) is 16.9 Å². The number of carbonyl (C=O) groups excluding carboxylic acids is 2. The van der Waals surface area contributed by atoms with Gasteiger partial charge in [0.05, 0.1) is 25.8 Å². The number of benzene rings is 1. The number of nitrogens with zero attached hydrogens (tertiary/aromatic N) is 1. The molecule has 0 N–H and O–H groups in total. The van der Waals surface area contributed by atoms with Crippen LogP contribution in [0, 0.1) is 0 Å². The summed E-state index contributed by atoms with van der Waals surface area (Å²) in [5, 5.41) is 1.88. The van der Waals surface area contributed by atoms with Crippen LogP contribution in [-0.2, 0) is 16.0 Å². The van der Waals surface area contributed by atoms with Gasteiger partial charge < -0.3 is 13.9 Å². The fourth-order valence-corrected chi connectivity index (χ4v) is 3.68. The maximum atomic E-state index is 11.8. The fourth-order valence-electron chi connectivity index (χ4n) is 2.73. The van der Waals surface area contributed by atoms with Gasteiger partial charge in [0.2, 0.25) is 0 Å². The van der Waals surface area contributed by atoms with E-state index in [1.54, 1.807) is 0 Å². The molecule has 130 valence electrons. The molecule has 2 heterocycles. The number of thiazole rings is 1. The molecule has 0 atom stereocenters. The number of esters is 1. The molecule has 0 saturated heterocycles. The first-order valence-electron chi connectivity index (χ1n) is 8.05. The summed E-state index contributed by atoms with van der Waals surface area (Å²) in [6.45, 7) is 2.71. The monoisotopic (exact) mass is 357 g/mol. The minimum absolute atomic E-state index is 0.130. The SMILES string of the molecule is CCCOc1cccc(-c2cc3scc(CC(=O)OC)n3c2C=O)c1. The summed E-state index contributed by atoms with van der Waals surface area (Å²) in [5.41, 5.74) is 3.02. The highest BCUT2D eigenvalue weighted by Crippen LogP contribution is 2.32. The average Bonchev–Trinajstić information content (AvgIpc) is 3.19. The van der Waals surface area contributed by atoms with Crippen molar-refractivity contribution >= 4 is 28.4 Å². The number of fused-ring (bicyclic) bond motifs is 1. The molecule has 0 aliphatic heterocycles. The summed E-state index contributed by atoms with van der Waals surface area (Å²) in [6.07, 6.45) is 1.89. The summed E-state index contributed by atoms with van der Waals surface area (Å²) in [6, 6.07) is 9.66. The molecular formula is C19H19NO4S. The predicted octanol–water partition coefficient (Wildman–Crippen LogP) is 3.98. The molecule has 0 bridgehead atoms. The van der Waals surface area contributed by atoms with E-state index < -0.39 is 0 Å². The van der Waals surface area contributed by atoms with Gasteiger partial charge in [-0.2, -0.15) is 0 Å². The Labute approximate surface area is 149 Å². The number of carbonyl (C=O) groups is 2. The van der Waals surface area contributed by atoms with E-state index in [1.165, 1.54) is 18.4 Å². The van der Waals surface area contributed by atoms with Crippen molar-refractivity contribution in [2.75, 3.05) is 13.7 Å². The van der Waals surface area contributed by atoms with Crippen molar-refractivity contribution in [2.24, 2.45) is 0 Å². The zero-order valence-electron chi connectivity index (χ0n) is 14.2. The van der Waals surface area contributed by atoms with Gasteiger partial charge in [0, 0.05) is 16.6 Å². The smallest absolute Gasteiger partial charge is 0.311 e. The van der Waals surface area contributed by atoms with Crippen molar-refractivity contribution < 1.29 is 19.1 Å². The first-order valence-corrected chi connectivity index (χ1v) is 8.93. The summed E-state index contributed by atoms with van der Waals surface area (Å²) < 4.78 is 12.2. The maximum Gasteiger partial charge on any atom is 0.311 e. The Balaban J connectivity index is 2.05. The Hall–Kier alpha value is -2.60. The van der Waals surface area contributed by atoms with Crippen LogP contribution in [0.4, 0.5) is 0 Å². The molecule has 25 heavy (non-hydrogen) atoms. The maximum absolute atomic E-state index is 11.8. The standard InChI is InChI=1S/C19H19NO4S/c1-3-7-24-15-6-4-5-13(8-15)16-10-18-20(17(16)11-21)14(12-25-18)9-19(22)23-2/h4-6,8,10-12H,3,7,9H2,1-2H3. The number of ether oxygens (including phenoxy) is 2. The zero-order valence-corrected chi connectivity index (χ0v) is 15.0. The third kappa shape index (κ3) is 3.44. The number of aromatic nitrogens is 1. The van der Waals surface area contributed by atoms with Crippen molar-refractivity contribution in [3.05, 3.63) is 47.1 Å². The molecule has 3 aromatic rings. The van der Waals surface area contributed by atoms with Crippen LogP contribution in [0.25, 0.3) is 16.0 Å². The van der Waals surface area contributed by atoms with Crippen LogP contribution in [0.5, 0.6) is 5.75 Å². The second-order valence-electron chi connectivity index (χ2n) is 5.59. The van der Waals surface area contributed by atoms with Crippen LogP contribution in [0.15, 0.2) is 35.7 Å². The summed E-state index contributed by atoms with van der Waals surface area (Å²) in [5.74, 6) is 0.447. The van der Waals surface area contributed by atoms with Crippen molar-refractivity contribution in [2.45, 2.75) is 19.8 Å². The summed E-state index contributed by atoms with van der Waals surface area (Å²) in [7, 11) is 1.36. The lowest BCUT2D eigenvalue weighted by atomic mass is 10.1. The summed E-state index contributed by atoms with van der Waals surface area (Å²) >= 11 is 1.49. The Morgan fingerprint density at radius 1 is 1.32 bits per heavy atom. The van der Waals surface area contributed by atoms with E-state index in [-0.39, 0.29) is 12.4 Å². The van der Waals surface area contributed by atoms with Gasteiger partial charge in [0.1, 0.15) is 10.6 Å². The van der Waals surface area contributed by atoms with E-state index in [4.69, 9.17) is 9.47 Å². The first kappa shape index (κ1) is 17.2. The molecule has 0 unspecified atom stereocenters. The van der Waals surface area contributed by atoms with E-state index >= 15 is 0 Å². The minimum Gasteiger partial charge on any atom is -0.494 e. The van der Waals surface area contributed by atoms with Crippen LogP contribution < -0.4 is 4.74 Å². The Morgan fingerprint density at radius 2 is 2.16 bits per heavy atom. The van der Waals surface area contributed by atoms with E-state index in [1.807, 2.05) is 40.1 Å². The second-order valence-corrected chi connectivity index (χ2v) is 6.48. The highest BCUT2D eigenvalue weighted by atomic mass is 32.1. The molecule has 0 saturated carbocycles. The van der Waals surface area contributed by atoms with Gasteiger partial charge in [-0.15, -0.1) is 11.3 Å². The Morgan fingerprint density at radius 3 is 2.88 bits per heavy atom. The normalized spacial score (nSPS) is 10.8. The molecule has 6 heteroatoms. The predicted molar refractivity (Wildman–Crippen MR) is 97.6 cm³/mol. The zero-order chi connectivity index (χ0) is 17.8. The molecule has 0 amide bonds. The quantitative estimate of drug-likeness (QED) is 0.474. The third-order valence-electron chi connectivity index (χ3n) is 3.89. The van der Waals surface area contributed by atoms with Crippen LogP contribution in [-0.4, -0.2) is 30.4 Å². The van der Waals surface area contributed by atoms with E-state index in [2.05, 4.69) is 6.92 Å². The number of rotatable bonds is 7. The Kier molecular flexibility index (Phi) is 5.19. The van der Waals surface area contributed by atoms with E-state index in [0.717, 1.165) is 40.1 Å². The molecule has 2 aromatic heterocycles. The van der Waals surface area contributed by atoms with Crippen molar-refractivity contribution in [3.63, 3.8) is 0 Å². The number of hydrogen-bond donors (Lipinski definition) is 0. The van der Waals surface area contributed by atoms with Gasteiger partial charge in [-0.25, -0.2) is 0 Å². The van der Waals surface area contributed by atoms with Gasteiger partial charge in [-0.05, 0) is 30.2 Å². The summed E-state index contributed by atoms with van der Waals surface area (Å²) in [4.78, 5) is 24.3. The lowest BCUT2D eigenvalue weighted by Crippen LogP contribution is -2.07.